The molecule has 0 aromatic heterocycles. The van der Waals surface area contributed by atoms with E-state index in [1.54, 1.807) is 7.11 Å². The Morgan fingerprint density at radius 3 is 2.64 bits per heavy atom. The molecule has 0 aromatic rings. The standard InChI is InChI=1S/C11H23NO2/c1-5-7-12-8-10-14-9-6-11(2,3)13-4/h5,12H,1,6-10H2,2-4H3. The van der Waals surface area contributed by atoms with Crippen LogP contribution in [0.5, 0.6) is 0 Å². The summed E-state index contributed by atoms with van der Waals surface area (Å²) >= 11 is 0. The van der Waals surface area contributed by atoms with Crippen LogP contribution in [0, 0.1) is 0 Å². The summed E-state index contributed by atoms with van der Waals surface area (Å²) in [6.45, 7) is 10.9. The minimum atomic E-state index is -0.0749. The molecule has 0 amide bonds. The second kappa shape index (κ2) is 7.97. The van der Waals surface area contributed by atoms with Crippen LogP contribution < -0.4 is 5.32 Å². The summed E-state index contributed by atoms with van der Waals surface area (Å²) < 4.78 is 10.7. The van der Waals surface area contributed by atoms with Gasteiger partial charge in [0.15, 0.2) is 0 Å². The van der Waals surface area contributed by atoms with Gasteiger partial charge in [0.1, 0.15) is 0 Å². The molecule has 1 N–H and O–H groups in total. The molecule has 0 saturated carbocycles. The smallest absolute Gasteiger partial charge is 0.0644 e. The lowest BCUT2D eigenvalue weighted by Crippen LogP contribution is -2.26. The zero-order valence-corrected chi connectivity index (χ0v) is 9.64. The SMILES string of the molecule is C=CCNCCOCCC(C)(C)OC. The molecule has 0 spiro atoms. The van der Waals surface area contributed by atoms with Gasteiger partial charge in [-0.3, -0.25) is 0 Å². The molecule has 84 valence electrons. The molecule has 14 heavy (non-hydrogen) atoms. The van der Waals surface area contributed by atoms with Crippen LogP contribution in [0.4, 0.5) is 0 Å². The van der Waals surface area contributed by atoms with Gasteiger partial charge in [-0.2, -0.15) is 0 Å². The van der Waals surface area contributed by atoms with Crippen LogP contribution in [0.2, 0.25) is 0 Å². The fourth-order valence-corrected chi connectivity index (χ4v) is 0.871. The van der Waals surface area contributed by atoms with E-state index in [0.717, 1.165) is 32.7 Å². The highest BCUT2D eigenvalue weighted by molar-refractivity contribution is 4.69. The van der Waals surface area contributed by atoms with Crippen LogP contribution in [-0.2, 0) is 9.47 Å². The quantitative estimate of drug-likeness (QED) is 0.454. The zero-order valence-electron chi connectivity index (χ0n) is 9.64. The van der Waals surface area contributed by atoms with Gasteiger partial charge in [0, 0.05) is 26.8 Å². The maximum atomic E-state index is 5.44. The Hall–Kier alpha value is -0.380. The van der Waals surface area contributed by atoms with E-state index in [1.165, 1.54) is 0 Å². The summed E-state index contributed by atoms with van der Waals surface area (Å²) in [6.07, 6.45) is 2.76. The van der Waals surface area contributed by atoms with Gasteiger partial charge >= 0.3 is 0 Å². The summed E-state index contributed by atoms with van der Waals surface area (Å²) in [5, 5.41) is 3.17. The average Bonchev–Trinajstić information content (AvgIpc) is 2.16. The second-order valence-electron chi connectivity index (χ2n) is 3.82. The van der Waals surface area contributed by atoms with Crippen LogP contribution in [0.3, 0.4) is 0 Å². The summed E-state index contributed by atoms with van der Waals surface area (Å²) in [5.74, 6) is 0. The topological polar surface area (TPSA) is 30.5 Å². The molecule has 0 unspecified atom stereocenters. The highest BCUT2D eigenvalue weighted by atomic mass is 16.5. The maximum absolute atomic E-state index is 5.44. The highest BCUT2D eigenvalue weighted by Crippen LogP contribution is 2.12. The summed E-state index contributed by atoms with van der Waals surface area (Å²) in [5.41, 5.74) is -0.0749. The van der Waals surface area contributed by atoms with Gasteiger partial charge in [0.25, 0.3) is 0 Å². The number of rotatable bonds is 9. The molecular formula is C11H23NO2. The Labute approximate surface area is 87.5 Å². The van der Waals surface area contributed by atoms with E-state index in [-0.39, 0.29) is 5.60 Å². The molecule has 0 aliphatic rings. The van der Waals surface area contributed by atoms with Gasteiger partial charge in [-0.25, -0.2) is 0 Å². The van der Waals surface area contributed by atoms with Crippen molar-refractivity contribution in [3.05, 3.63) is 12.7 Å². The Kier molecular flexibility index (Phi) is 7.76. The van der Waals surface area contributed by atoms with E-state index in [0.29, 0.717) is 0 Å². The van der Waals surface area contributed by atoms with Gasteiger partial charge in [0.2, 0.25) is 0 Å². The Bertz CT molecular complexity index is 146. The molecule has 0 rings (SSSR count). The molecule has 3 heteroatoms. The van der Waals surface area contributed by atoms with E-state index in [4.69, 9.17) is 9.47 Å². The monoisotopic (exact) mass is 201 g/mol. The van der Waals surface area contributed by atoms with Crippen molar-refractivity contribution in [3.8, 4) is 0 Å². The van der Waals surface area contributed by atoms with Crippen molar-refractivity contribution in [2.24, 2.45) is 0 Å². The average molecular weight is 201 g/mol. The third-order valence-corrected chi connectivity index (χ3v) is 2.11. The van der Waals surface area contributed by atoms with E-state index in [1.807, 2.05) is 6.08 Å². The van der Waals surface area contributed by atoms with Gasteiger partial charge in [0.05, 0.1) is 12.2 Å². The zero-order chi connectivity index (χ0) is 10.9. The first kappa shape index (κ1) is 13.6. The minimum Gasteiger partial charge on any atom is -0.380 e. The van der Waals surface area contributed by atoms with Crippen molar-refractivity contribution in [3.63, 3.8) is 0 Å². The summed E-state index contributed by atoms with van der Waals surface area (Å²) in [7, 11) is 1.73. The highest BCUT2D eigenvalue weighted by Gasteiger charge is 2.15. The predicted molar refractivity (Wildman–Crippen MR) is 59.6 cm³/mol. The van der Waals surface area contributed by atoms with Gasteiger partial charge in [-0.1, -0.05) is 6.08 Å². The molecule has 0 aliphatic heterocycles. The van der Waals surface area contributed by atoms with Crippen molar-refractivity contribution < 1.29 is 9.47 Å². The molecule has 0 saturated heterocycles. The van der Waals surface area contributed by atoms with E-state index >= 15 is 0 Å². The first-order valence-corrected chi connectivity index (χ1v) is 5.07. The van der Waals surface area contributed by atoms with E-state index in [9.17, 15) is 0 Å². The molecular weight excluding hydrogens is 178 g/mol. The van der Waals surface area contributed by atoms with Gasteiger partial charge in [-0.05, 0) is 20.3 Å². The molecule has 3 nitrogen and oxygen atoms in total. The van der Waals surface area contributed by atoms with E-state index < -0.39 is 0 Å². The van der Waals surface area contributed by atoms with Crippen LogP contribution in [0.25, 0.3) is 0 Å². The van der Waals surface area contributed by atoms with Crippen molar-refractivity contribution in [2.45, 2.75) is 25.9 Å². The van der Waals surface area contributed by atoms with Gasteiger partial charge in [-0.15, -0.1) is 6.58 Å². The Morgan fingerprint density at radius 2 is 2.07 bits per heavy atom. The minimum absolute atomic E-state index is 0.0749. The molecule has 0 bridgehead atoms. The normalized spacial score (nSPS) is 11.6. The lowest BCUT2D eigenvalue weighted by atomic mass is 10.1. The Balaban J connectivity index is 3.17. The third kappa shape index (κ3) is 8.23. The van der Waals surface area contributed by atoms with E-state index in [2.05, 4.69) is 25.7 Å². The predicted octanol–water partition coefficient (Wildman–Crippen LogP) is 1.59. The van der Waals surface area contributed by atoms with Crippen LogP contribution in [0.15, 0.2) is 12.7 Å². The van der Waals surface area contributed by atoms with Crippen molar-refractivity contribution in [1.29, 1.82) is 0 Å². The maximum Gasteiger partial charge on any atom is 0.0644 e. The lowest BCUT2D eigenvalue weighted by Gasteiger charge is -2.22. The number of methoxy groups -OCH3 is 1. The number of ether oxygens (including phenoxy) is 2. The first-order chi connectivity index (χ1) is 6.62. The lowest BCUT2D eigenvalue weighted by molar-refractivity contribution is -0.00929. The molecule has 0 fully saturated rings. The number of hydrogen-bond acceptors (Lipinski definition) is 3. The molecule has 0 aromatic carbocycles. The molecule has 0 aliphatic carbocycles. The van der Waals surface area contributed by atoms with Crippen LogP contribution in [0.1, 0.15) is 20.3 Å². The van der Waals surface area contributed by atoms with Crippen LogP contribution >= 0.6 is 0 Å². The summed E-state index contributed by atoms with van der Waals surface area (Å²) in [6, 6.07) is 0. The Morgan fingerprint density at radius 1 is 1.36 bits per heavy atom. The van der Waals surface area contributed by atoms with Crippen molar-refractivity contribution >= 4 is 0 Å². The van der Waals surface area contributed by atoms with Crippen molar-refractivity contribution in [1.82, 2.24) is 5.32 Å². The largest absolute Gasteiger partial charge is 0.380 e. The third-order valence-electron chi connectivity index (χ3n) is 2.11. The summed E-state index contributed by atoms with van der Waals surface area (Å²) in [4.78, 5) is 0. The van der Waals surface area contributed by atoms with Crippen molar-refractivity contribution in [2.75, 3.05) is 33.4 Å². The molecule has 0 radical (unpaired) electrons. The number of nitrogens with one attached hydrogen (secondary N) is 1. The first-order valence-electron chi connectivity index (χ1n) is 5.07. The molecule has 0 heterocycles. The van der Waals surface area contributed by atoms with Gasteiger partial charge < -0.3 is 14.8 Å². The number of hydrogen-bond donors (Lipinski definition) is 1. The van der Waals surface area contributed by atoms with Crippen LogP contribution in [-0.4, -0.2) is 39.0 Å². The molecule has 0 atom stereocenters. The second-order valence-corrected chi connectivity index (χ2v) is 3.82. The fraction of sp³-hybridized carbons (Fsp3) is 0.818. The fourth-order valence-electron chi connectivity index (χ4n) is 0.871.